The molecule has 4 aromatic rings. The molecule has 4 rings (SSSR count). The maximum atomic E-state index is 5.88. The van der Waals surface area contributed by atoms with Crippen LogP contribution in [0.5, 0.6) is 0 Å². The van der Waals surface area contributed by atoms with Gasteiger partial charge in [-0.25, -0.2) is 15.0 Å². The van der Waals surface area contributed by atoms with Crippen LogP contribution in [0.4, 0.5) is 5.95 Å². The number of hydrogen-bond acceptors (Lipinski definition) is 5. The fraction of sp³-hybridized carbons (Fsp3) is 0.0556. The van der Waals surface area contributed by atoms with Crippen LogP contribution < -0.4 is 5.73 Å². The van der Waals surface area contributed by atoms with E-state index in [0.29, 0.717) is 6.42 Å². The molecule has 0 fully saturated rings. The predicted octanol–water partition coefficient (Wildman–Crippen LogP) is 4.69. The molecule has 0 amide bonds. The van der Waals surface area contributed by atoms with Crippen LogP contribution in [0.25, 0.3) is 21.6 Å². The number of halogens is 1. The van der Waals surface area contributed by atoms with Gasteiger partial charge in [0.1, 0.15) is 5.52 Å². The average molecular weight is 397 g/mol. The van der Waals surface area contributed by atoms with E-state index in [9.17, 15) is 0 Å². The smallest absolute Gasteiger partial charge is 0.220 e. The number of thiophene rings is 1. The number of nitrogen functional groups attached to an aromatic ring is 1. The lowest BCUT2D eigenvalue weighted by atomic mass is 10.1. The first-order valence-electron chi connectivity index (χ1n) is 7.42. The predicted molar refractivity (Wildman–Crippen MR) is 102 cm³/mol. The maximum absolute atomic E-state index is 5.88. The van der Waals surface area contributed by atoms with E-state index in [2.05, 4.69) is 44.1 Å². The van der Waals surface area contributed by atoms with Crippen LogP contribution in [0, 0.1) is 0 Å². The summed E-state index contributed by atoms with van der Waals surface area (Å²) in [4.78, 5) is 14.7. The molecule has 2 N–H and O–H groups in total. The third-order valence-corrected chi connectivity index (χ3v) is 5.32. The Kier molecular flexibility index (Phi) is 4.00. The van der Waals surface area contributed by atoms with Crippen LogP contribution >= 0.6 is 27.3 Å². The summed E-state index contributed by atoms with van der Waals surface area (Å²) < 4.78 is 1.08. The Balaban J connectivity index is 1.85. The van der Waals surface area contributed by atoms with Gasteiger partial charge in [-0.3, -0.25) is 0 Å². The summed E-state index contributed by atoms with van der Waals surface area (Å²) in [6.07, 6.45) is 0.675. The Morgan fingerprint density at radius 2 is 1.75 bits per heavy atom. The largest absolute Gasteiger partial charge is 0.368 e. The zero-order valence-corrected chi connectivity index (χ0v) is 15.0. The standard InChI is InChI=1S/C18H13BrN4S/c19-16-9-8-15(24-16)12-6-7-13-17(21-12)14(23-18(20)22-13)10-11-4-2-1-3-5-11/h1-9H,10H2,(H2,20,22,23). The molecule has 0 aliphatic heterocycles. The molecule has 0 spiro atoms. The van der Waals surface area contributed by atoms with Gasteiger partial charge in [-0.1, -0.05) is 30.3 Å². The van der Waals surface area contributed by atoms with Gasteiger partial charge in [-0.05, 0) is 45.8 Å². The molecule has 0 radical (unpaired) electrons. The molecule has 0 saturated heterocycles. The minimum absolute atomic E-state index is 0.279. The lowest BCUT2D eigenvalue weighted by Gasteiger charge is -2.07. The number of pyridine rings is 1. The van der Waals surface area contributed by atoms with Crippen molar-refractivity contribution >= 4 is 44.2 Å². The highest BCUT2D eigenvalue weighted by molar-refractivity contribution is 9.11. The number of fused-ring (bicyclic) bond motifs is 1. The van der Waals surface area contributed by atoms with Gasteiger partial charge in [0.05, 0.1) is 25.6 Å². The van der Waals surface area contributed by atoms with Gasteiger partial charge >= 0.3 is 0 Å². The number of hydrogen-bond donors (Lipinski definition) is 1. The molecule has 0 atom stereocenters. The molecule has 3 aromatic heterocycles. The van der Waals surface area contributed by atoms with Crippen LogP contribution in [0.1, 0.15) is 11.3 Å². The minimum Gasteiger partial charge on any atom is -0.368 e. The first-order chi connectivity index (χ1) is 11.7. The van der Waals surface area contributed by atoms with E-state index < -0.39 is 0 Å². The first kappa shape index (κ1) is 15.2. The zero-order chi connectivity index (χ0) is 16.5. The van der Waals surface area contributed by atoms with E-state index in [0.717, 1.165) is 31.1 Å². The van der Waals surface area contributed by atoms with Crippen LogP contribution in [0.15, 0.2) is 58.4 Å². The minimum atomic E-state index is 0.279. The van der Waals surface area contributed by atoms with Gasteiger partial charge in [-0.15, -0.1) is 11.3 Å². The number of nitrogens with zero attached hydrogens (tertiary/aromatic N) is 3. The summed E-state index contributed by atoms with van der Waals surface area (Å²) in [5.74, 6) is 0.279. The van der Waals surface area contributed by atoms with Crippen LogP contribution in [-0.2, 0) is 6.42 Å². The second-order valence-electron chi connectivity index (χ2n) is 5.36. The highest BCUT2D eigenvalue weighted by Gasteiger charge is 2.11. The number of nitrogens with two attached hydrogens (primary N) is 1. The highest BCUT2D eigenvalue weighted by atomic mass is 79.9. The third-order valence-electron chi connectivity index (χ3n) is 3.67. The number of anilines is 1. The van der Waals surface area contributed by atoms with Crippen molar-refractivity contribution in [3.63, 3.8) is 0 Å². The third kappa shape index (κ3) is 3.02. The Morgan fingerprint density at radius 3 is 2.50 bits per heavy atom. The van der Waals surface area contributed by atoms with Crippen molar-refractivity contribution in [1.29, 1.82) is 0 Å². The van der Waals surface area contributed by atoms with Gasteiger partial charge in [0, 0.05) is 6.42 Å². The Labute approximate surface area is 151 Å². The summed E-state index contributed by atoms with van der Waals surface area (Å²) in [5, 5.41) is 0. The molecule has 4 nitrogen and oxygen atoms in total. The number of aromatic nitrogens is 3. The Bertz CT molecular complexity index is 1010. The molecule has 0 unspecified atom stereocenters. The molecule has 0 aliphatic rings. The summed E-state index contributed by atoms with van der Waals surface area (Å²) >= 11 is 5.15. The average Bonchev–Trinajstić information content (AvgIpc) is 3.02. The first-order valence-corrected chi connectivity index (χ1v) is 9.03. The van der Waals surface area contributed by atoms with E-state index in [1.54, 1.807) is 11.3 Å². The van der Waals surface area contributed by atoms with E-state index in [-0.39, 0.29) is 5.95 Å². The molecule has 3 heterocycles. The lowest BCUT2D eigenvalue weighted by Crippen LogP contribution is -2.03. The molecule has 0 bridgehead atoms. The van der Waals surface area contributed by atoms with Gasteiger partial charge in [0.15, 0.2) is 0 Å². The molecule has 24 heavy (non-hydrogen) atoms. The van der Waals surface area contributed by atoms with Crippen LogP contribution in [0.3, 0.4) is 0 Å². The lowest BCUT2D eigenvalue weighted by molar-refractivity contribution is 1.06. The maximum Gasteiger partial charge on any atom is 0.220 e. The van der Waals surface area contributed by atoms with Gasteiger partial charge in [0.25, 0.3) is 0 Å². The van der Waals surface area contributed by atoms with Crippen molar-refractivity contribution in [2.45, 2.75) is 6.42 Å². The van der Waals surface area contributed by atoms with Crippen molar-refractivity contribution in [1.82, 2.24) is 15.0 Å². The van der Waals surface area contributed by atoms with E-state index in [1.165, 1.54) is 5.56 Å². The Morgan fingerprint density at radius 1 is 0.917 bits per heavy atom. The van der Waals surface area contributed by atoms with Gasteiger partial charge < -0.3 is 5.73 Å². The summed E-state index contributed by atoms with van der Waals surface area (Å²) in [7, 11) is 0. The quantitative estimate of drug-likeness (QED) is 0.545. The van der Waals surface area contributed by atoms with E-state index in [4.69, 9.17) is 10.7 Å². The second-order valence-corrected chi connectivity index (χ2v) is 7.82. The van der Waals surface area contributed by atoms with Gasteiger partial charge in [-0.2, -0.15) is 0 Å². The highest BCUT2D eigenvalue weighted by Crippen LogP contribution is 2.31. The zero-order valence-electron chi connectivity index (χ0n) is 12.6. The number of rotatable bonds is 3. The fourth-order valence-electron chi connectivity index (χ4n) is 2.60. The molecule has 1 aromatic carbocycles. The van der Waals surface area contributed by atoms with Crippen molar-refractivity contribution in [2.75, 3.05) is 5.73 Å². The van der Waals surface area contributed by atoms with E-state index in [1.807, 2.05) is 36.4 Å². The molecular weight excluding hydrogens is 384 g/mol. The normalized spacial score (nSPS) is 11.0. The molecule has 118 valence electrons. The number of benzene rings is 1. The molecule has 6 heteroatoms. The van der Waals surface area contributed by atoms with Crippen molar-refractivity contribution < 1.29 is 0 Å². The van der Waals surface area contributed by atoms with Crippen LogP contribution in [-0.4, -0.2) is 15.0 Å². The van der Waals surface area contributed by atoms with Crippen LogP contribution in [0.2, 0.25) is 0 Å². The van der Waals surface area contributed by atoms with Gasteiger partial charge in [0.2, 0.25) is 5.95 Å². The SMILES string of the molecule is Nc1nc(Cc2ccccc2)c2nc(-c3ccc(Br)s3)ccc2n1. The summed E-state index contributed by atoms with van der Waals surface area (Å²) in [6, 6.07) is 18.2. The van der Waals surface area contributed by atoms with E-state index >= 15 is 0 Å². The monoisotopic (exact) mass is 396 g/mol. The fourth-order valence-corrected chi connectivity index (χ4v) is 3.95. The topological polar surface area (TPSA) is 64.7 Å². The van der Waals surface area contributed by atoms with Crippen molar-refractivity contribution in [2.24, 2.45) is 0 Å². The molecular formula is C18H13BrN4S. The second kappa shape index (κ2) is 6.30. The Hall–Kier alpha value is -2.31. The van der Waals surface area contributed by atoms with Crippen molar-refractivity contribution in [3.8, 4) is 10.6 Å². The molecule has 0 aliphatic carbocycles. The summed E-state index contributed by atoms with van der Waals surface area (Å²) in [6.45, 7) is 0. The summed E-state index contributed by atoms with van der Waals surface area (Å²) in [5.41, 5.74) is 10.4. The molecule has 0 saturated carbocycles. The van der Waals surface area contributed by atoms with Crippen molar-refractivity contribution in [3.05, 3.63) is 69.6 Å².